The molecule has 0 aliphatic rings. The summed E-state index contributed by atoms with van der Waals surface area (Å²) < 4.78 is 2.56. The van der Waals surface area contributed by atoms with Crippen molar-refractivity contribution in [1.82, 2.24) is 24.5 Å². The van der Waals surface area contributed by atoms with Crippen molar-refractivity contribution in [1.29, 1.82) is 0 Å². The molecule has 0 aromatic carbocycles. The standard InChI is InChI=1S/C12H10BrClN6/c1-6-17-10(15)9-11(18-6)20(12(13)19-9)5-7-2-3-8(14)16-4-7/h2-4H,5H2,1H3,(H2,15,17,18). The van der Waals surface area contributed by atoms with Gasteiger partial charge in [0.05, 0.1) is 6.54 Å². The summed E-state index contributed by atoms with van der Waals surface area (Å²) in [5.74, 6) is 0.985. The fraction of sp³-hybridized carbons (Fsp3) is 0.167. The van der Waals surface area contributed by atoms with E-state index in [1.807, 2.05) is 10.6 Å². The lowest BCUT2D eigenvalue weighted by Gasteiger charge is -2.06. The smallest absolute Gasteiger partial charge is 0.179 e. The third-order valence-corrected chi connectivity index (χ3v) is 3.65. The molecule has 3 aromatic heterocycles. The van der Waals surface area contributed by atoms with Crippen LogP contribution in [0.1, 0.15) is 11.4 Å². The SMILES string of the molecule is Cc1nc(N)c2nc(Br)n(Cc3ccc(Cl)nc3)c2n1. The Hall–Kier alpha value is -1.73. The van der Waals surface area contributed by atoms with E-state index in [4.69, 9.17) is 17.3 Å². The zero-order chi connectivity index (χ0) is 14.3. The molecule has 0 fully saturated rings. The lowest BCUT2D eigenvalue weighted by molar-refractivity contribution is 0.784. The van der Waals surface area contributed by atoms with E-state index in [0.717, 1.165) is 5.56 Å². The van der Waals surface area contributed by atoms with E-state index in [2.05, 4.69) is 35.9 Å². The van der Waals surface area contributed by atoms with Crippen LogP contribution in [0.4, 0.5) is 5.82 Å². The molecule has 0 atom stereocenters. The van der Waals surface area contributed by atoms with Crippen LogP contribution in [0.2, 0.25) is 5.15 Å². The second-order valence-corrected chi connectivity index (χ2v) is 5.38. The van der Waals surface area contributed by atoms with Gasteiger partial charge in [0, 0.05) is 6.20 Å². The number of aryl methyl sites for hydroxylation is 1. The number of fused-ring (bicyclic) bond motifs is 1. The topological polar surface area (TPSA) is 82.5 Å². The van der Waals surface area contributed by atoms with Gasteiger partial charge in [-0.15, -0.1) is 0 Å². The number of nitrogens with two attached hydrogens (primary N) is 1. The van der Waals surface area contributed by atoms with Gasteiger partial charge < -0.3 is 5.73 Å². The number of hydrogen-bond donors (Lipinski definition) is 1. The Morgan fingerprint density at radius 1 is 1.30 bits per heavy atom. The van der Waals surface area contributed by atoms with Crippen LogP contribution in [0.15, 0.2) is 23.1 Å². The van der Waals surface area contributed by atoms with Gasteiger partial charge in [-0.1, -0.05) is 17.7 Å². The first-order valence-electron chi connectivity index (χ1n) is 5.81. The normalized spacial score (nSPS) is 11.2. The highest BCUT2D eigenvalue weighted by molar-refractivity contribution is 9.10. The van der Waals surface area contributed by atoms with Crippen LogP contribution in [0.25, 0.3) is 11.2 Å². The number of hydrogen-bond acceptors (Lipinski definition) is 5. The Morgan fingerprint density at radius 3 is 2.80 bits per heavy atom. The summed E-state index contributed by atoms with van der Waals surface area (Å²) in [6.45, 7) is 2.36. The molecule has 20 heavy (non-hydrogen) atoms. The third-order valence-electron chi connectivity index (χ3n) is 2.82. The highest BCUT2D eigenvalue weighted by Crippen LogP contribution is 2.23. The molecule has 0 bridgehead atoms. The number of pyridine rings is 1. The molecule has 0 spiro atoms. The summed E-state index contributed by atoms with van der Waals surface area (Å²) in [6.07, 6.45) is 1.72. The Balaban J connectivity index is 2.11. The lowest BCUT2D eigenvalue weighted by atomic mass is 10.3. The fourth-order valence-corrected chi connectivity index (χ4v) is 2.51. The van der Waals surface area contributed by atoms with Crippen LogP contribution in [0, 0.1) is 6.92 Å². The molecule has 0 unspecified atom stereocenters. The second kappa shape index (κ2) is 4.99. The van der Waals surface area contributed by atoms with Crippen molar-refractivity contribution >= 4 is 44.5 Å². The average molecular weight is 354 g/mol. The highest BCUT2D eigenvalue weighted by Gasteiger charge is 2.14. The van der Waals surface area contributed by atoms with Crippen molar-refractivity contribution < 1.29 is 0 Å². The zero-order valence-electron chi connectivity index (χ0n) is 10.5. The summed E-state index contributed by atoms with van der Waals surface area (Å²) in [4.78, 5) is 16.9. The van der Waals surface area contributed by atoms with Gasteiger partial charge in [-0.25, -0.2) is 19.9 Å². The van der Waals surface area contributed by atoms with E-state index in [0.29, 0.717) is 39.2 Å². The molecule has 0 saturated carbocycles. The zero-order valence-corrected chi connectivity index (χ0v) is 12.9. The molecule has 0 aliphatic heterocycles. The maximum Gasteiger partial charge on any atom is 0.179 e. The Labute approximate surface area is 128 Å². The summed E-state index contributed by atoms with van der Waals surface area (Å²) in [5, 5.41) is 0.464. The van der Waals surface area contributed by atoms with E-state index in [1.54, 1.807) is 19.2 Å². The van der Waals surface area contributed by atoms with Gasteiger partial charge in [-0.05, 0) is 34.5 Å². The minimum Gasteiger partial charge on any atom is -0.382 e. The maximum absolute atomic E-state index is 5.87. The lowest BCUT2D eigenvalue weighted by Crippen LogP contribution is -2.04. The summed E-state index contributed by atoms with van der Waals surface area (Å²) in [7, 11) is 0. The summed E-state index contributed by atoms with van der Waals surface area (Å²) in [5.41, 5.74) is 8.14. The van der Waals surface area contributed by atoms with E-state index in [9.17, 15) is 0 Å². The Bertz CT molecular complexity index is 783. The molecule has 0 amide bonds. The fourth-order valence-electron chi connectivity index (χ4n) is 1.93. The first kappa shape index (κ1) is 13.3. The van der Waals surface area contributed by atoms with Gasteiger partial charge in [0.2, 0.25) is 0 Å². The number of nitrogens with zero attached hydrogens (tertiary/aromatic N) is 5. The predicted molar refractivity (Wildman–Crippen MR) is 80.5 cm³/mol. The molecule has 0 saturated heterocycles. The molecule has 3 rings (SSSR count). The highest BCUT2D eigenvalue weighted by atomic mass is 79.9. The first-order valence-corrected chi connectivity index (χ1v) is 6.98. The third kappa shape index (κ3) is 2.34. The molecule has 2 N–H and O–H groups in total. The largest absolute Gasteiger partial charge is 0.382 e. The van der Waals surface area contributed by atoms with Crippen LogP contribution < -0.4 is 5.73 Å². The van der Waals surface area contributed by atoms with Gasteiger partial charge in [0.25, 0.3) is 0 Å². The monoisotopic (exact) mass is 352 g/mol. The minimum absolute atomic E-state index is 0.376. The Morgan fingerprint density at radius 2 is 2.10 bits per heavy atom. The van der Waals surface area contributed by atoms with E-state index >= 15 is 0 Å². The van der Waals surface area contributed by atoms with Gasteiger partial charge in [-0.2, -0.15) is 0 Å². The average Bonchev–Trinajstić information content (AvgIpc) is 2.70. The molecule has 0 aliphatic carbocycles. The predicted octanol–water partition coefficient (Wildman–Crippen LogP) is 2.58. The van der Waals surface area contributed by atoms with Crippen molar-refractivity contribution in [3.05, 3.63) is 39.6 Å². The van der Waals surface area contributed by atoms with Gasteiger partial charge in [-0.3, -0.25) is 4.57 Å². The summed E-state index contributed by atoms with van der Waals surface area (Å²) in [6, 6.07) is 3.66. The van der Waals surface area contributed by atoms with E-state index < -0.39 is 0 Å². The molecule has 3 heterocycles. The van der Waals surface area contributed by atoms with Crippen molar-refractivity contribution in [2.24, 2.45) is 0 Å². The minimum atomic E-state index is 0.376. The van der Waals surface area contributed by atoms with Crippen molar-refractivity contribution in [2.45, 2.75) is 13.5 Å². The molecule has 0 radical (unpaired) electrons. The van der Waals surface area contributed by atoms with E-state index in [1.165, 1.54) is 0 Å². The second-order valence-electron chi connectivity index (χ2n) is 4.28. The van der Waals surface area contributed by atoms with Crippen molar-refractivity contribution in [3.8, 4) is 0 Å². The van der Waals surface area contributed by atoms with Crippen molar-refractivity contribution in [2.75, 3.05) is 5.73 Å². The van der Waals surface area contributed by atoms with Crippen LogP contribution in [0.5, 0.6) is 0 Å². The number of nitrogen functional groups attached to an aromatic ring is 1. The summed E-state index contributed by atoms with van der Waals surface area (Å²) >= 11 is 9.21. The van der Waals surface area contributed by atoms with Gasteiger partial charge in [0.1, 0.15) is 11.0 Å². The number of anilines is 1. The maximum atomic E-state index is 5.87. The molecule has 8 heteroatoms. The number of aromatic nitrogens is 5. The molecule has 6 nitrogen and oxygen atoms in total. The van der Waals surface area contributed by atoms with Gasteiger partial charge in [0.15, 0.2) is 21.7 Å². The molecular weight excluding hydrogens is 344 g/mol. The first-order chi connectivity index (χ1) is 9.54. The number of halogens is 2. The Kier molecular flexibility index (Phi) is 3.31. The number of rotatable bonds is 2. The quantitative estimate of drug-likeness (QED) is 0.565. The van der Waals surface area contributed by atoms with Gasteiger partial charge >= 0.3 is 0 Å². The van der Waals surface area contributed by atoms with Crippen LogP contribution in [-0.2, 0) is 6.54 Å². The van der Waals surface area contributed by atoms with Crippen LogP contribution in [0.3, 0.4) is 0 Å². The van der Waals surface area contributed by atoms with Crippen LogP contribution in [-0.4, -0.2) is 24.5 Å². The van der Waals surface area contributed by atoms with Crippen molar-refractivity contribution in [3.63, 3.8) is 0 Å². The molecule has 3 aromatic rings. The molecular formula is C12H10BrClN6. The van der Waals surface area contributed by atoms with Crippen LogP contribution >= 0.6 is 27.5 Å². The van der Waals surface area contributed by atoms with E-state index in [-0.39, 0.29) is 0 Å². The number of imidazole rings is 1. The molecule has 102 valence electrons.